The molecule has 0 radical (unpaired) electrons. The van der Waals surface area contributed by atoms with Crippen molar-refractivity contribution in [2.24, 2.45) is 5.73 Å². The molecule has 4 heteroatoms. The van der Waals surface area contributed by atoms with Gasteiger partial charge in [-0.05, 0) is 13.3 Å². The van der Waals surface area contributed by atoms with Crippen LogP contribution in [0.2, 0.25) is 0 Å². The molecule has 0 aliphatic rings. The fourth-order valence-corrected chi connectivity index (χ4v) is 2.08. The third-order valence-corrected chi connectivity index (χ3v) is 3.54. The van der Waals surface area contributed by atoms with E-state index < -0.39 is 10.8 Å². The van der Waals surface area contributed by atoms with Gasteiger partial charge in [-0.1, -0.05) is 6.92 Å². The Kier molecular flexibility index (Phi) is 6.61. The third kappa shape index (κ3) is 4.85. The number of hydrogen-bond acceptors (Lipinski definition) is 3. The van der Waals surface area contributed by atoms with Crippen molar-refractivity contribution in [3.63, 3.8) is 0 Å². The molecule has 3 atom stereocenters. The first kappa shape index (κ1) is 12.1. The normalized spacial score (nSPS) is 18.7. The van der Waals surface area contributed by atoms with E-state index in [1.165, 1.54) is 0 Å². The van der Waals surface area contributed by atoms with Crippen LogP contribution >= 0.6 is 0 Å². The summed E-state index contributed by atoms with van der Waals surface area (Å²) >= 11 is 0. The van der Waals surface area contributed by atoms with E-state index >= 15 is 0 Å². The summed E-state index contributed by atoms with van der Waals surface area (Å²) < 4.78 is 16.4. The lowest BCUT2D eigenvalue weighted by Gasteiger charge is -2.13. The molecule has 0 aromatic carbocycles. The largest absolute Gasteiger partial charge is 0.383 e. The number of ether oxygens (including phenoxy) is 1. The van der Waals surface area contributed by atoms with Crippen molar-refractivity contribution >= 4 is 10.8 Å². The van der Waals surface area contributed by atoms with E-state index in [9.17, 15) is 4.21 Å². The molecule has 0 heterocycles. The number of methoxy groups -OCH3 is 1. The van der Waals surface area contributed by atoms with Crippen molar-refractivity contribution in [2.45, 2.75) is 31.6 Å². The summed E-state index contributed by atoms with van der Waals surface area (Å²) in [4.78, 5) is 0. The molecule has 0 spiro atoms. The van der Waals surface area contributed by atoms with Gasteiger partial charge < -0.3 is 10.5 Å². The van der Waals surface area contributed by atoms with Crippen LogP contribution in [-0.2, 0) is 15.5 Å². The zero-order valence-electron chi connectivity index (χ0n) is 8.08. The SMILES string of the molecule is CCC(N)CS(=O)C(C)COC. The Bertz CT molecular complexity index is 141. The summed E-state index contributed by atoms with van der Waals surface area (Å²) in [6.45, 7) is 4.47. The van der Waals surface area contributed by atoms with Gasteiger partial charge in [-0.2, -0.15) is 0 Å². The monoisotopic (exact) mass is 193 g/mol. The van der Waals surface area contributed by atoms with Gasteiger partial charge in [-0.15, -0.1) is 0 Å². The Labute approximate surface area is 77.1 Å². The van der Waals surface area contributed by atoms with E-state index in [1.54, 1.807) is 7.11 Å². The van der Waals surface area contributed by atoms with E-state index in [1.807, 2.05) is 13.8 Å². The molecule has 0 aromatic rings. The van der Waals surface area contributed by atoms with E-state index in [0.29, 0.717) is 12.4 Å². The average molecular weight is 193 g/mol. The quantitative estimate of drug-likeness (QED) is 0.668. The lowest BCUT2D eigenvalue weighted by molar-refractivity contribution is 0.201. The first-order valence-electron chi connectivity index (χ1n) is 4.23. The minimum Gasteiger partial charge on any atom is -0.383 e. The maximum absolute atomic E-state index is 11.5. The predicted octanol–water partition coefficient (Wildman–Crippen LogP) is 0.507. The van der Waals surface area contributed by atoms with Crippen molar-refractivity contribution < 1.29 is 8.95 Å². The molecule has 74 valence electrons. The standard InChI is InChI=1S/C8H19NO2S/c1-4-8(9)6-12(10)7(2)5-11-3/h7-8H,4-6,9H2,1-3H3. The molecule has 3 nitrogen and oxygen atoms in total. The summed E-state index contributed by atoms with van der Waals surface area (Å²) in [5.41, 5.74) is 5.67. The smallest absolute Gasteiger partial charge is 0.0603 e. The second-order valence-corrected chi connectivity index (χ2v) is 4.88. The second-order valence-electron chi connectivity index (χ2n) is 2.98. The van der Waals surface area contributed by atoms with Crippen LogP contribution in [-0.4, -0.2) is 35.0 Å². The van der Waals surface area contributed by atoms with E-state index in [0.717, 1.165) is 6.42 Å². The molecule has 0 saturated carbocycles. The lowest BCUT2D eigenvalue weighted by atomic mass is 10.3. The van der Waals surface area contributed by atoms with Crippen molar-refractivity contribution in [3.05, 3.63) is 0 Å². The summed E-state index contributed by atoms with van der Waals surface area (Å²) in [5, 5.41) is 0.0904. The minimum atomic E-state index is -0.845. The molecular weight excluding hydrogens is 174 g/mol. The lowest BCUT2D eigenvalue weighted by Crippen LogP contribution is -2.31. The van der Waals surface area contributed by atoms with Crippen LogP contribution in [0.4, 0.5) is 0 Å². The first-order chi connectivity index (χ1) is 5.61. The molecule has 0 fully saturated rings. The molecule has 3 unspecified atom stereocenters. The van der Waals surface area contributed by atoms with Gasteiger partial charge in [0.2, 0.25) is 0 Å². The Balaban J connectivity index is 3.70. The number of nitrogens with two attached hydrogens (primary N) is 1. The highest BCUT2D eigenvalue weighted by atomic mass is 32.2. The van der Waals surface area contributed by atoms with Gasteiger partial charge in [-0.25, -0.2) is 0 Å². The van der Waals surface area contributed by atoms with Gasteiger partial charge in [0.15, 0.2) is 0 Å². The van der Waals surface area contributed by atoms with Crippen LogP contribution < -0.4 is 5.73 Å². The Morgan fingerprint density at radius 3 is 2.58 bits per heavy atom. The molecule has 0 saturated heterocycles. The average Bonchev–Trinajstić information content (AvgIpc) is 2.04. The van der Waals surface area contributed by atoms with E-state index in [4.69, 9.17) is 10.5 Å². The molecule has 12 heavy (non-hydrogen) atoms. The summed E-state index contributed by atoms with van der Waals surface area (Å²) in [6, 6.07) is 0.0603. The Morgan fingerprint density at radius 2 is 2.17 bits per heavy atom. The fraction of sp³-hybridized carbons (Fsp3) is 1.00. The second kappa shape index (κ2) is 6.57. The van der Waals surface area contributed by atoms with Gasteiger partial charge >= 0.3 is 0 Å². The fourth-order valence-electron chi connectivity index (χ4n) is 0.804. The van der Waals surface area contributed by atoms with Crippen LogP contribution in [0.3, 0.4) is 0 Å². The van der Waals surface area contributed by atoms with Crippen LogP contribution in [0.15, 0.2) is 0 Å². The minimum absolute atomic E-state index is 0.0603. The highest BCUT2D eigenvalue weighted by Gasteiger charge is 2.13. The predicted molar refractivity (Wildman–Crippen MR) is 52.6 cm³/mol. The van der Waals surface area contributed by atoms with Crippen LogP contribution in [0, 0.1) is 0 Å². The van der Waals surface area contributed by atoms with Crippen LogP contribution in [0.5, 0.6) is 0 Å². The van der Waals surface area contributed by atoms with Crippen molar-refractivity contribution in [1.29, 1.82) is 0 Å². The van der Waals surface area contributed by atoms with Gasteiger partial charge in [0.25, 0.3) is 0 Å². The van der Waals surface area contributed by atoms with Crippen LogP contribution in [0.25, 0.3) is 0 Å². The maximum Gasteiger partial charge on any atom is 0.0603 e. The first-order valence-corrected chi connectivity index (χ1v) is 5.61. The molecular formula is C8H19NO2S. The highest BCUT2D eigenvalue weighted by Crippen LogP contribution is 1.99. The van der Waals surface area contributed by atoms with E-state index in [2.05, 4.69) is 0 Å². The zero-order valence-corrected chi connectivity index (χ0v) is 8.89. The summed E-state index contributed by atoms with van der Waals surface area (Å²) in [7, 11) is 0.774. The van der Waals surface area contributed by atoms with Gasteiger partial charge in [0, 0.05) is 29.7 Å². The molecule has 0 aliphatic carbocycles. The Hall–Kier alpha value is 0.0700. The Morgan fingerprint density at radius 1 is 1.58 bits per heavy atom. The topological polar surface area (TPSA) is 52.3 Å². The van der Waals surface area contributed by atoms with Gasteiger partial charge in [-0.3, -0.25) is 4.21 Å². The summed E-state index contributed by atoms with van der Waals surface area (Å²) in [5.74, 6) is 0.584. The number of hydrogen-bond donors (Lipinski definition) is 1. The highest BCUT2D eigenvalue weighted by molar-refractivity contribution is 7.85. The van der Waals surface area contributed by atoms with Crippen LogP contribution in [0.1, 0.15) is 20.3 Å². The molecule has 2 N–H and O–H groups in total. The summed E-state index contributed by atoms with van der Waals surface area (Å²) in [6.07, 6.45) is 0.880. The molecule has 0 bridgehead atoms. The third-order valence-electron chi connectivity index (χ3n) is 1.75. The molecule has 0 rings (SSSR count). The molecule has 0 aliphatic heterocycles. The van der Waals surface area contributed by atoms with E-state index in [-0.39, 0.29) is 11.3 Å². The van der Waals surface area contributed by atoms with Gasteiger partial charge in [0.05, 0.1) is 11.9 Å². The van der Waals surface area contributed by atoms with Crippen molar-refractivity contribution in [1.82, 2.24) is 0 Å². The van der Waals surface area contributed by atoms with Crippen molar-refractivity contribution in [3.8, 4) is 0 Å². The van der Waals surface area contributed by atoms with Gasteiger partial charge in [0.1, 0.15) is 0 Å². The maximum atomic E-state index is 11.5. The number of rotatable bonds is 6. The zero-order chi connectivity index (χ0) is 9.56. The molecule has 0 aromatic heterocycles. The van der Waals surface area contributed by atoms with Crippen molar-refractivity contribution in [2.75, 3.05) is 19.5 Å². The molecule has 0 amide bonds.